The fourth-order valence-corrected chi connectivity index (χ4v) is 5.59. The van der Waals surface area contributed by atoms with Crippen LogP contribution in [0.15, 0.2) is 48.5 Å². The first-order valence-electron chi connectivity index (χ1n) is 12.6. The van der Waals surface area contributed by atoms with Crippen molar-refractivity contribution < 1.29 is 24.2 Å². The lowest BCUT2D eigenvalue weighted by atomic mass is 9.98. The van der Waals surface area contributed by atoms with Crippen LogP contribution in [0.2, 0.25) is 0 Å². The second kappa shape index (κ2) is 10.1. The molecule has 1 saturated carbocycles. The molecule has 1 saturated heterocycles. The van der Waals surface area contributed by atoms with Gasteiger partial charge in [-0.3, -0.25) is 9.59 Å². The van der Waals surface area contributed by atoms with E-state index in [1.165, 1.54) is 11.1 Å². The van der Waals surface area contributed by atoms with Crippen molar-refractivity contribution in [1.82, 2.24) is 10.2 Å². The minimum atomic E-state index is -0.823. The number of carbonyl (C=O) groups is 3. The van der Waals surface area contributed by atoms with Crippen LogP contribution in [-0.4, -0.2) is 54.2 Å². The number of rotatable bonds is 9. The molecule has 2 atom stereocenters. The molecule has 2 aliphatic carbocycles. The molecule has 184 valence electrons. The molecular formula is C28H32N2O5. The quantitative estimate of drug-likeness (QED) is 0.564. The fraction of sp³-hybridized carbons (Fsp3) is 0.464. The molecule has 0 bridgehead atoms. The number of fused-ring (bicyclic) bond motifs is 3. The predicted molar refractivity (Wildman–Crippen MR) is 131 cm³/mol. The van der Waals surface area contributed by atoms with E-state index in [0.29, 0.717) is 25.4 Å². The summed E-state index contributed by atoms with van der Waals surface area (Å²) >= 11 is 0. The van der Waals surface area contributed by atoms with E-state index in [1.807, 2.05) is 24.3 Å². The maximum atomic E-state index is 13.2. The second-order valence-corrected chi connectivity index (χ2v) is 10.1. The molecule has 2 aromatic carbocycles. The Bertz CT molecular complexity index is 1070. The summed E-state index contributed by atoms with van der Waals surface area (Å²) in [5.41, 5.74) is 4.68. The van der Waals surface area contributed by atoms with Gasteiger partial charge in [0.25, 0.3) is 0 Å². The summed E-state index contributed by atoms with van der Waals surface area (Å²) in [5.74, 6) is -0.572. The van der Waals surface area contributed by atoms with Gasteiger partial charge in [-0.1, -0.05) is 61.4 Å². The number of hydrogen-bond acceptors (Lipinski definition) is 4. The van der Waals surface area contributed by atoms with E-state index < -0.39 is 12.1 Å². The molecular weight excluding hydrogens is 444 g/mol. The van der Waals surface area contributed by atoms with E-state index in [1.54, 1.807) is 4.90 Å². The Morgan fingerprint density at radius 1 is 0.971 bits per heavy atom. The van der Waals surface area contributed by atoms with Crippen LogP contribution in [0.4, 0.5) is 4.79 Å². The largest absolute Gasteiger partial charge is 0.481 e. The van der Waals surface area contributed by atoms with Gasteiger partial charge in [0.2, 0.25) is 5.91 Å². The Kier molecular flexibility index (Phi) is 6.75. The zero-order valence-corrected chi connectivity index (χ0v) is 19.8. The van der Waals surface area contributed by atoms with Crippen LogP contribution in [-0.2, 0) is 14.3 Å². The number of likely N-dealkylation sites (tertiary alicyclic amines) is 1. The topological polar surface area (TPSA) is 95.9 Å². The van der Waals surface area contributed by atoms with E-state index in [9.17, 15) is 14.4 Å². The highest BCUT2D eigenvalue weighted by molar-refractivity contribution is 5.81. The summed E-state index contributed by atoms with van der Waals surface area (Å²) in [5, 5.41) is 11.9. The fourth-order valence-electron chi connectivity index (χ4n) is 5.59. The van der Waals surface area contributed by atoms with E-state index in [-0.39, 0.29) is 43.2 Å². The van der Waals surface area contributed by atoms with Crippen LogP contribution in [0.5, 0.6) is 0 Å². The summed E-state index contributed by atoms with van der Waals surface area (Å²) < 4.78 is 5.64. The SMILES string of the molecule is O=C(O)CC1CCN(C(=O)C(CNC(=O)OCC2c3ccccc3-c3ccccc32)CC2CC2)C1. The lowest BCUT2D eigenvalue weighted by molar-refractivity contribution is -0.139. The van der Waals surface area contributed by atoms with E-state index in [2.05, 4.69) is 29.6 Å². The number of carboxylic acid groups (broad SMARTS) is 1. The molecule has 35 heavy (non-hydrogen) atoms. The third-order valence-electron chi connectivity index (χ3n) is 7.56. The van der Waals surface area contributed by atoms with Crippen molar-refractivity contribution >= 4 is 18.0 Å². The Morgan fingerprint density at radius 3 is 2.26 bits per heavy atom. The zero-order valence-electron chi connectivity index (χ0n) is 19.8. The molecule has 2 fully saturated rings. The normalized spacial score (nSPS) is 19.7. The lowest BCUT2D eigenvalue weighted by Gasteiger charge is -2.24. The maximum absolute atomic E-state index is 13.2. The second-order valence-electron chi connectivity index (χ2n) is 10.1. The number of nitrogens with one attached hydrogen (secondary N) is 1. The summed E-state index contributed by atoms with van der Waals surface area (Å²) in [6, 6.07) is 16.4. The minimum Gasteiger partial charge on any atom is -0.481 e. The number of amides is 2. The molecule has 5 rings (SSSR count). The molecule has 7 heteroatoms. The Balaban J connectivity index is 1.16. The highest BCUT2D eigenvalue weighted by Crippen LogP contribution is 2.44. The van der Waals surface area contributed by atoms with Crippen LogP contribution in [0.25, 0.3) is 11.1 Å². The standard InChI is InChI=1S/C28H32N2O5/c31-26(32)14-19-11-12-30(16-19)27(33)20(13-18-9-10-18)15-29-28(34)35-17-25-23-7-3-1-5-21(23)22-6-2-4-8-24(22)25/h1-8,18-20,25H,9-17H2,(H,29,34)(H,31,32). The van der Waals surface area contributed by atoms with Gasteiger partial charge in [0.15, 0.2) is 0 Å². The number of benzene rings is 2. The minimum absolute atomic E-state index is 0.00666. The van der Waals surface area contributed by atoms with E-state index >= 15 is 0 Å². The van der Waals surface area contributed by atoms with Crippen LogP contribution in [0, 0.1) is 17.8 Å². The highest BCUT2D eigenvalue weighted by atomic mass is 16.5. The van der Waals surface area contributed by atoms with Crippen molar-refractivity contribution in [3.8, 4) is 11.1 Å². The van der Waals surface area contributed by atoms with Gasteiger partial charge in [0, 0.05) is 32.0 Å². The summed E-state index contributed by atoms with van der Waals surface area (Å²) in [6.07, 6.45) is 3.30. The van der Waals surface area contributed by atoms with Gasteiger partial charge in [0.05, 0.1) is 5.92 Å². The molecule has 0 radical (unpaired) electrons. The van der Waals surface area contributed by atoms with E-state index in [0.717, 1.165) is 30.4 Å². The van der Waals surface area contributed by atoms with Gasteiger partial charge in [-0.15, -0.1) is 0 Å². The summed E-state index contributed by atoms with van der Waals surface area (Å²) in [6.45, 7) is 1.55. The first kappa shape index (κ1) is 23.4. The predicted octanol–water partition coefficient (Wildman–Crippen LogP) is 4.26. The average Bonchev–Trinajstić information content (AvgIpc) is 3.46. The lowest BCUT2D eigenvalue weighted by Crippen LogP contribution is -2.41. The number of carbonyl (C=O) groups excluding carboxylic acids is 2. The van der Waals surface area contributed by atoms with Gasteiger partial charge in [-0.2, -0.15) is 0 Å². The first-order chi connectivity index (χ1) is 17.0. The van der Waals surface area contributed by atoms with Gasteiger partial charge in [-0.25, -0.2) is 4.79 Å². The van der Waals surface area contributed by atoms with Crippen LogP contribution >= 0.6 is 0 Å². The molecule has 2 N–H and O–H groups in total. The summed E-state index contributed by atoms with van der Waals surface area (Å²) in [7, 11) is 0. The van der Waals surface area contributed by atoms with Crippen molar-refractivity contribution in [3.63, 3.8) is 0 Å². The third-order valence-corrected chi connectivity index (χ3v) is 7.56. The number of aliphatic carboxylic acids is 1. The Morgan fingerprint density at radius 2 is 1.63 bits per heavy atom. The molecule has 1 heterocycles. The number of hydrogen-bond donors (Lipinski definition) is 2. The van der Waals surface area contributed by atoms with Crippen molar-refractivity contribution in [2.75, 3.05) is 26.2 Å². The molecule has 0 spiro atoms. The van der Waals surface area contributed by atoms with Crippen molar-refractivity contribution in [2.45, 2.75) is 38.0 Å². The molecule has 2 unspecified atom stereocenters. The molecule has 1 aliphatic heterocycles. The summed E-state index contributed by atoms with van der Waals surface area (Å²) in [4.78, 5) is 38.6. The average molecular weight is 477 g/mol. The van der Waals surface area contributed by atoms with Gasteiger partial charge in [0.1, 0.15) is 6.61 Å². The van der Waals surface area contributed by atoms with Crippen molar-refractivity contribution in [3.05, 3.63) is 59.7 Å². The first-order valence-corrected chi connectivity index (χ1v) is 12.6. The smallest absolute Gasteiger partial charge is 0.407 e. The van der Waals surface area contributed by atoms with Crippen molar-refractivity contribution in [1.29, 1.82) is 0 Å². The Labute approximate surface area is 205 Å². The molecule has 7 nitrogen and oxygen atoms in total. The molecule has 0 aromatic heterocycles. The number of alkyl carbamates (subject to hydrolysis) is 1. The monoisotopic (exact) mass is 476 g/mol. The number of nitrogens with zero attached hydrogens (tertiary/aromatic N) is 1. The number of ether oxygens (including phenoxy) is 1. The van der Waals surface area contributed by atoms with Crippen LogP contribution in [0.1, 0.15) is 49.1 Å². The molecule has 3 aliphatic rings. The van der Waals surface area contributed by atoms with Crippen molar-refractivity contribution in [2.24, 2.45) is 17.8 Å². The Hall–Kier alpha value is -3.35. The highest BCUT2D eigenvalue weighted by Gasteiger charge is 2.35. The van der Waals surface area contributed by atoms with Gasteiger partial charge in [-0.05, 0) is 46.9 Å². The van der Waals surface area contributed by atoms with Crippen LogP contribution in [0.3, 0.4) is 0 Å². The van der Waals surface area contributed by atoms with Gasteiger partial charge >= 0.3 is 12.1 Å². The third kappa shape index (κ3) is 5.34. The van der Waals surface area contributed by atoms with Gasteiger partial charge < -0.3 is 20.1 Å². The molecule has 2 amide bonds. The zero-order chi connectivity index (χ0) is 24.4. The van der Waals surface area contributed by atoms with E-state index in [4.69, 9.17) is 9.84 Å². The maximum Gasteiger partial charge on any atom is 0.407 e. The van der Waals surface area contributed by atoms with Crippen LogP contribution < -0.4 is 5.32 Å². The number of carboxylic acids is 1. The molecule has 2 aromatic rings.